The van der Waals surface area contributed by atoms with E-state index in [1.54, 1.807) is 19.1 Å². The second-order valence-corrected chi connectivity index (χ2v) is 9.66. The van der Waals surface area contributed by atoms with Gasteiger partial charge in [0.2, 0.25) is 0 Å². The van der Waals surface area contributed by atoms with Crippen molar-refractivity contribution in [2.45, 2.75) is 77.1 Å². The van der Waals surface area contributed by atoms with Crippen LogP contribution in [0.1, 0.15) is 59.3 Å². The molecule has 5 nitrogen and oxygen atoms in total. The number of rotatable bonds is 7. The van der Waals surface area contributed by atoms with Crippen LogP contribution in [0.15, 0.2) is 30.3 Å². The lowest BCUT2D eigenvalue weighted by molar-refractivity contribution is -0.151. The summed E-state index contributed by atoms with van der Waals surface area (Å²) in [6, 6.07) is 8.34. The van der Waals surface area contributed by atoms with Gasteiger partial charge in [0.1, 0.15) is 17.9 Å². The summed E-state index contributed by atoms with van der Waals surface area (Å²) in [5.41, 5.74) is -0.263. The van der Waals surface area contributed by atoms with Gasteiger partial charge in [-0.1, -0.05) is 44.9 Å². The van der Waals surface area contributed by atoms with Crippen molar-refractivity contribution in [1.29, 1.82) is 0 Å². The summed E-state index contributed by atoms with van der Waals surface area (Å²) in [7, 11) is -3.24. The normalized spacial score (nSPS) is 19.7. The minimum absolute atomic E-state index is 0.0206. The minimum atomic E-state index is -3.24. The number of esters is 1. The van der Waals surface area contributed by atoms with E-state index in [2.05, 4.69) is 5.09 Å². The highest BCUT2D eigenvalue weighted by Crippen LogP contribution is 2.48. The maximum atomic E-state index is 13.2. The molecular formula is C19H30NO4P. The van der Waals surface area contributed by atoms with E-state index in [0.717, 1.165) is 25.7 Å². The lowest BCUT2D eigenvalue weighted by Crippen LogP contribution is -2.38. The minimum Gasteiger partial charge on any atom is -0.461 e. The summed E-state index contributed by atoms with van der Waals surface area (Å²) in [4.78, 5) is 12.4. The highest BCUT2D eigenvalue weighted by atomic mass is 31.2. The fourth-order valence-electron chi connectivity index (χ4n) is 2.87. The van der Waals surface area contributed by atoms with Gasteiger partial charge in [-0.05, 0) is 44.7 Å². The lowest BCUT2D eigenvalue weighted by atomic mass is 10.1. The molecule has 0 radical (unpaired) electrons. The molecule has 1 N–H and O–H groups in total. The van der Waals surface area contributed by atoms with Crippen molar-refractivity contribution in [1.82, 2.24) is 5.09 Å². The monoisotopic (exact) mass is 367 g/mol. The van der Waals surface area contributed by atoms with Crippen LogP contribution >= 0.6 is 7.52 Å². The van der Waals surface area contributed by atoms with Crippen LogP contribution in [0.3, 0.4) is 0 Å². The molecular weight excluding hydrogens is 337 g/mol. The van der Waals surface area contributed by atoms with E-state index in [0.29, 0.717) is 5.75 Å². The molecule has 140 valence electrons. The van der Waals surface area contributed by atoms with E-state index < -0.39 is 13.6 Å². The first kappa shape index (κ1) is 20.0. The van der Waals surface area contributed by atoms with Crippen LogP contribution in [0.2, 0.25) is 0 Å². The molecule has 0 spiro atoms. The number of ether oxygens (including phenoxy) is 1. The Morgan fingerprint density at radius 1 is 1.08 bits per heavy atom. The van der Waals surface area contributed by atoms with Gasteiger partial charge in [-0.25, -0.2) is 5.09 Å². The number of benzene rings is 1. The van der Waals surface area contributed by atoms with Crippen LogP contribution < -0.4 is 9.61 Å². The molecule has 1 aliphatic rings. The molecule has 2 atom stereocenters. The number of carbonyl (C=O) groups is 1. The Labute approximate surface area is 151 Å². The largest absolute Gasteiger partial charge is 0.461 e. The number of para-hydroxylation sites is 1. The van der Waals surface area contributed by atoms with E-state index in [1.165, 1.54) is 12.8 Å². The van der Waals surface area contributed by atoms with Gasteiger partial charge in [-0.15, -0.1) is 0 Å². The van der Waals surface area contributed by atoms with Crippen molar-refractivity contribution in [3.8, 4) is 5.75 Å². The fraction of sp³-hybridized carbons (Fsp3) is 0.632. The van der Waals surface area contributed by atoms with Crippen molar-refractivity contribution in [3.63, 3.8) is 0 Å². The summed E-state index contributed by atoms with van der Waals surface area (Å²) in [6.45, 7) is 5.32. The molecule has 1 aromatic carbocycles. The van der Waals surface area contributed by atoms with E-state index in [-0.39, 0.29) is 17.7 Å². The first-order chi connectivity index (χ1) is 11.9. The quantitative estimate of drug-likeness (QED) is 0.421. The first-order valence-electron chi connectivity index (χ1n) is 9.23. The highest BCUT2D eigenvalue weighted by molar-refractivity contribution is 7.58. The van der Waals surface area contributed by atoms with E-state index >= 15 is 0 Å². The Morgan fingerprint density at radius 3 is 2.24 bits per heavy atom. The summed E-state index contributed by atoms with van der Waals surface area (Å²) < 4.78 is 24.6. The highest BCUT2D eigenvalue weighted by Gasteiger charge is 2.34. The molecule has 0 aliphatic heterocycles. The fourth-order valence-corrected chi connectivity index (χ4v) is 4.51. The Balaban J connectivity index is 1.97. The third-order valence-electron chi connectivity index (χ3n) is 4.48. The molecule has 2 rings (SSSR count). The van der Waals surface area contributed by atoms with Crippen molar-refractivity contribution in [3.05, 3.63) is 30.3 Å². The predicted octanol–water partition coefficient (Wildman–Crippen LogP) is 4.91. The van der Waals surface area contributed by atoms with Gasteiger partial charge in [0.15, 0.2) is 0 Å². The van der Waals surface area contributed by atoms with Gasteiger partial charge < -0.3 is 9.26 Å². The third-order valence-corrected chi connectivity index (χ3v) is 7.07. The predicted molar refractivity (Wildman–Crippen MR) is 100.0 cm³/mol. The van der Waals surface area contributed by atoms with Gasteiger partial charge in [-0.3, -0.25) is 9.36 Å². The second kappa shape index (κ2) is 9.40. The number of carbonyl (C=O) groups excluding carboxylic acids is 1. The molecule has 0 bridgehead atoms. The molecule has 1 aliphatic carbocycles. The van der Waals surface area contributed by atoms with Crippen molar-refractivity contribution in [2.75, 3.05) is 0 Å². The van der Waals surface area contributed by atoms with Crippen LogP contribution in [-0.4, -0.2) is 23.8 Å². The van der Waals surface area contributed by atoms with Crippen molar-refractivity contribution >= 4 is 13.5 Å². The Bertz CT molecular complexity index is 582. The number of hydrogen-bond acceptors (Lipinski definition) is 4. The molecule has 0 amide bonds. The number of nitrogens with one attached hydrogen (secondary N) is 1. The summed E-state index contributed by atoms with van der Waals surface area (Å²) in [6.07, 6.45) is 6.42. The van der Waals surface area contributed by atoms with Crippen LogP contribution in [0.25, 0.3) is 0 Å². The zero-order valence-electron chi connectivity index (χ0n) is 15.4. The smallest absolute Gasteiger partial charge is 0.323 e. The van der Waals surface area contributed by atoms with Crippen LogP contribution in [-0.2, 0) is 14.1 Å². The van der Waals surface area contributed by atoms with E-state index in [1.807, 2.05) is 32.0 Å². The maximum Gasteiger partial charge on any atom is 0.323 e. The number of hydrogen-bond donors (Lipinski definition) is 1. The third kappa shape index (κ3) is 6.16. The Morgan fingerprint density at radius 2 is 1.68 bits per heavy atom. The Hall–Kier alpha value is -1.32. The molecule has 0 heterocycles. The zero-order valence-corrected chi connectivity index (χ0v) is 16.3. The topological polar surface area (TPSA) is 64.6 Å². The molecule has 0 saturated heterocycles. The Kier molecular flexibility index (Phi) is 7.52. The van der Waals surface area contributed by atoms with Gasteiger partial charge in [0.25, 0.3) is 0 Å². The SMILES string of the molecule is CC(C)P(=O)(N[C@@H](C)C(=O)OC1CCCCCC1)Oc1ccccc1. The molecule has 1 unspecified atom stereocenters. The second-order valence-electron chi connectivity index (χ2n) is 7.00. The first-order valence-corrected chi connectivity index (χ1v) is 10.9. The molecule has 1 saturated carbocycles. The zero-order chi connectivity index (χ0) is 18.3. The van der Waals surface area contributed by atoms with Crippen molar-refractivity contribution in [2.24, 2.45) is 0 Å². The van der Waals surface area contributed by atoms with Crippen LogP contribution in [0.5, 0.6) is 5.75 Å². The maximum absolute atomic E-state index is 13.2. The van der Waals surface area contributed by atoms with E-state index in [4.69, 9.17) is 9.26 Å². The van der Waals surface area contributed by atoms with Crippen LogP contribution in [0.4, 0.5) is 0 Å². The average Bonchev–Trinajstić information content (AvgIpc) is 2.84. The van der Waals surface area contributed by atoms with E-state index in [9.17, 15) is 9.36 Å². The lowest BCUT2D eigenvalue weighted by Gasteiger charge is -2.27. The summed E-state index contributed by atoms with van der Waals surface area (Å²) in [5.74, 6) is 0.167. The molecule has 1 fully saturated rings. The summed E-state index contributed by atoms with van der Waals surface area (Å²) in [5, 5.41) is 2.91. The molecule has 1 aromatic rings. The molecule has 6 heteroatoms. The van der Waals surface area contributed by atoms with Gasteiger partial charge in [-0.2, -0.15) is 0 Å². The van der Waals surface area contributed by atoms with Gasteiger partial charge in [0.05, 0.1) is 5.66 Å². The van der Waals surface area contributed by atoms with Crippen molar-refractivity contribution < 1.29 is 18.6 Å². The molecule has 0 aromatic heterocycles. The summed E-state index contributed by atoms with van der Waals surface area (Å²) >= 11 is 0. The molecule has 25 heavy (non-hydrogen) atoms. The van der Waals surface area contributed by atoms with Gasteiger partial charge in [0, 0.05) is 0 Å². The van der Waals surface area contributed by atoms with Gasteiger partial charge >= 0.3 is 13.5 Å². The average molecular weight is 367 g/mol. The van der Waals surface area contributed by atoms with Crippen LogP contribution in [0, 0.1) is 0 Å². The standard InChI is InChI=1S/C19H30NO4P/c1-15(2)25(22,24-18-13-9-6-10-14-18)20-16(3)19(21)23-17-11-7-4-5-8-12-17/h6,9-10,13-17H,4-5,7-8,11-12H2,1-3H3,(H,20,22)/t16-,25?/m0/s1.